The van der Waals surface area contributed by atoms with Crippen molar-refractivity contribution < 1.29 is 4.74 Å². The summed E-state index contributed by atoms with van der Waals surface area (Å²) < 4.78 is 6.60. The third kappa shape index (κ3) is 4.71. The topological polar surface area (TPSA) is 21.6 Å². The van der Waals surface area contributed by atoms with Crippen molar-refractivity contribution in [3.05, 3.63) is 58.1 Å². The zero-order valence-corrected chi connectivity index (χ0v) is 14.1. The molecule has 2 rings (SSSR count). The quantitative estimate of drug-likeness (QED) is 0.628. The highest BCUT2D eigenvalue weighted by Gasteiger charge is 2.01. The highest BCUT2D eigenvalue weighted by Crippen LogP contribution is 2.26. The number of benzene rings is 2. The van der Waals surface area contributed by atoms with Crippen LogP contribution in [0.25, 0.3) is 0 Å². The van der Waals surface area contributed by atoms with Crippen LogP contribution in [-0.4, -0.2) is 12.8 Å². The molecule has 2 aromatic carbocycles. The zero-order valence-electron chi connectivity index (χ0n) is 12.5. The summed E-state index contributed by atoms with van der Waals surface area (Å²) in [5, 5.41) is 0. The molecule has 110 valence electrons. The van der Waals surface area contributed by atoms with Crippen LogP contribution < -0.4 is 4.74 Å². The van der Waals surface area contributed by atoms with Crippen LogP contribution in [0.1, 0.15) is 31.4 Å². The molecule has 0 spiro atoms. The lowest BCUT2D eigenvalue weighted by Gasteiger charge is -2.07. The van der Waals surface area contributed by atoms with E-state index in [1.807, 2.05) is 36.5 Å². The fraction of sp³-hybridized carbons (Fsp3) is 0.278. The molecule has 2 aromatic rings. The molecule has 0 fully saturated rings. The third-order valence-corrected chi connectivity index (χ3v) is 3.74. The van der Waals surface area contributed by atoms with Gasteiger partial charge in [0.2, 0.25) is 0 Å². The molecule has 2 nitrogen and oxygen atoms in total. The van der Waals surface area contributed by atoms with Gasteiger partial charge < -0.3 is 4.74 Å². The molecule has 0 aliphatic rings. The van der Waals surface area contributed by atoms with Gasteiger partial charge in [-0.3, -0.25) is 4.99 Å². The van der Waals surface area contributed by atoms with Crippen molar-refractivity contribution in [2.24, 2.45) is 4.99 Å². The summed E-state index contributed by atoms with van der Waals surface area (Å²) >= 11 is 3.54. The SMILES string of the molecule is CCCOc1ccc(C=Nc2ccc(CC)cc2)cc1Br. The van der Waals surface area contributed by atoms with Crippen LogP contribution in [0, 0.1) is 0 Å². The molecule has 21 heavy (non-hydrogen) atoms. The van der Waals surface area contributed by atoms with Gasteiger partial charge in [-0.15, -0.1) is 0 Å². The summed E-state index contributed by atoms with van der Waals surface area (Å²) in [4.78, 5) is 4.50. The first-order valence-corrected chi connectivity index (χ1v) is 8.07. The monoisotopic (exact) mass is 345 g/mol. The Balaban J connectivity index is 2.07. The maximum absolute atomic E-state index is 5.64. The van der Waals surface area contributed by atoms with Gasteiger partial charge in [0.1, 0.15) is 5.75 Å². The molecular formula is C18H20BrNO. The molecule has 0 amide bonds. The summed E-state index contributed by atoms with van der Waals surface area (Å²) in [6.07, 6.45) is 3.93. The molecule has 0 unspecified atom stereocenters. The Hall–Kier alpha value is -1.61. The number of hydrogen-bond acceptors (Lipinski definition) is 2. The predicted octanol–water partition coefficient (Wildman–Crippen LogP) is 5.55. The van der Waals surface area contributed by atoms with Crippen molar-refractivity contribution in [1.82, 2.24) is 0 Å². The molecule has 0 saturated carbocycles. The van der Waals surface area contributed by atoms with Crippen molar-refractivity contribution in [2.75, 3.05) is 6.61 Å². The smallest absolute Gasteiger partial charge is 0.133 e. The van der Waals surface area contributed by atoms with Gasteiger partial charge in [-0.2, -0.15) is 0 Å². The number of ether oxygens (including phenoxy) is 1. The van der Waals surface area contributed by atoms with Gasteiger partial charge >= 0.3 is 0 Å². The number of nitrogens with zero attached hydrogens (tertiary/aromatic N) is 1. The van der Waals surface area contributed by atoms with Gasteiger partial charge in [0, 0.05) is 6.21 Å². The molecule has 0 aliphatic carbocycles. The molecule has 3 heteroatoms. The summed E-state index contributed by atoms with van der Waals surface area (Å²) in [6.45, 7) is 4.98. The second kappa shape index (κ2) is 7.99. The van der Waals surface area contributed by atoms with Gasteiger partial charge in [0.15, 0.2) is 0 Å². The Labute approximate surface area is 135 Å². The Morgan fingerprint density at radius 3 is 2.48 bits per heavy atom. The fourth-order valence-corrected chi connectivity index (χ4v) is 2.40. The van der Waals surface area contributed by atoms with Gasteiger partial charge in [-0.25, -0.2) is 0 Å². The third-order valence-electron chi connectivity index (χ3n) is 3.12. The molecular weight excluding hydrogens is 326 g/mol. The lowest BCUT2D eigenvalue weighted by molar-refractivity contribution is 0.315. The standard InChI is InChI=1S/C18H20BrNO/c1-3-11-21-18-10-7-15(12-17(18)19)13-20-16-8-5-14(4-2)6-9-16/h5-10,12-13H,3-4,11H2,1-2H3. The van der Waals surface area contributed by atoms with E-state index in [0.717, 1.165) is 40.9 Å². The van der Waals surface area contributed by atoms with Crippen LogP contribution in [0.15, 0.2) is 51.9 Å². The number of hydrogen-bond donors (Lipinski definition) is 0. The Kier molecular flexibility index (Phi) is 6.00. The molecule has 0 bridgehead atoms. The molecule has 0 saturated heterocycles. The molecule has 0 aromatic heterocycles. The van der Waals surface area contributed by atoms with Crippen LogP contribution in [0.3, 0.4) is 0 Å². The molecule has 0 heterocycles. The van der Waals surface area contributed by atoms with E-state index in [9.17, 15) is 0 Å². The molecule has 0 aliphatic heterocycles. The van der Waals surface area contributed by atoms with Crippen LogP contribution in [0.4, 0.5) is 5.69 Å². The minimum Gasteiger partial charge on any atom is -0.492 e. The predicted molar refractivity (Wildman–Crippen MR) is 93.0 cm³/mol. The van der Waals surface area contributed by atoms with Crippen LogP contribution in [0.5, 0.6) is 5.75 Å². The summed E-state index contributed by atoms with van der Waals surface area (Å²) in [5.41, 5.74) is 3.34. The first kappa shape index (κ1) is 15.8. The van der Waals surface area contributed by atoms with E-state index in [4.69, 9.17) is 4.74 Å². The van der Waals surface area contributed by atoms with E-state index in [1.165, 1.54) is 5.56 Å². The van der Waals surface area contributed by atoms with Crippen molar-refractivity contribution >= 4 is 27.8 Å². The molecule has 0 N–H and O–H groups in total. The maximum Gasteiger partial charge on any atom is 0.133 e. The van der Waals surface area contributed by atoms with Crippen LogP contribution >= 0.6 is 15.9 Å². The average Bonchev–Trinajstić information content (AvgIpc) is 2.52. The van der Waals surface area contributed by atoms with E-state index in [1.54, 1.807) is 0 Å². The first-order valence-electron chi connectivity index (χ1n) is 7.28. The molecule has 0 atom stereocenters. The van der Waals surface area contributed by atoms with Crippen molar-refractivity contribution in [3.63, 3.8) is 0 Å². The Morgan fingerprint density at radius 2 is 1.86 bits per heavy atom. The van der Waals surface area contributed by atoms with Crippen molar-refractivity contribution in [1.29, 1.82) is 0 Å². The lowest BCUT2D eigenvalue weighted by Crippen LogP contribution is -1.96. The Morgan fingerprint density at radius 1 is 1.10 bits per heavy atom. The highest BCUT2D eigenvalue weighted by atomic mass is 79.9. The molecule has 0 radical (unpaired) electrons. The minimum atomic E-state index is 0.732. The van der Waals surface area contributed by atoms with Gasteiger partial charge in [-0.1, -0.05) is 26.0 Å². The van der Waals surface area contributed by atoms with Gasteiger partial charge in [-0.05, 0) is 70.2 Å². The van der Waals surface area contributed by atoms with Crippen LogP contribution in [0.2, 0.25) is 0 Å². The Bertz CT molecular complexity index is 605. The van der Waals surface area contributed by atoms with E-state index in [-0.39, 0.29) is 0 Å². The maximum atomic E-state index is 5.64. The zero-order chi connectivity index (χ0) is 15.1. The lowest BCUT2D eigenvalue weighted by atomic mass is 10.1. The van der Waals surface area contributed by atoms with Crippen molar-refractivity contribution in [2.45, 2.75) is 26.7 Å². The first-order chi connectivity index (χ1) is 10.2. The van der Waals surface area contributed by atoms with Crippen molar-refractivity contribution in [3.8, 4) is 5.75 Å². The second-order valence-corrected chi connectivity index (χ2v) is 5.67. The fourth-order valence-electron chi connectivity index (χ4n) is 1.89. The van der Waals surface area contributed by atoms with Crippen LogP contribution in [-0.2, 0) is 6.42 Å². The number of rotatable bonds is 6. The number of aliphatic imine (C=N–C) groups is 1. The van der Waals surface area contributed by atoms with Gasteiger partial charge in [0.05, 0.1) is 16.8 Å². The number of aryl methyl sites for hydroxylation is 1. The summed E-state index contributed by atoms with van der Waals surface area (Å²) in [6, 6.07) is 14.3. The highest BCUT2D eigenvalue weighted by molar-refractivity contribution is 9.10. The van der Waals surface area contributed by atoms with E-state index < -0.39 is 0 Å². The average molecular weight is 346 g/mol. The normalized spacial score (nSPS) is 11.0. The number of halogens is 1. The summed E-state index contributed by atoms with van der Waals surface area (Å²) in [7, 11) is 0. The van der Waals surface area contributed by atoms with Gasteiger partial charge in [0.25, 0.3) is 0 Å². The van der Waals surface area contributed by atoms with E-state index in [2.05, 4.69) is 46.9 Å². The second-order valence-electron chi connectivity index (χ2n) is 4.82. The summed E-state index contributed by atoms with van der Waals surface area (Å²) in [5.74, 6) is 0.876. The van der Waals surface area contributed by atoms with E-state index >= 15 is 0 Å². The largest absolute Gasteiger partial charge is 0.492 e. The van der Waals surface area contributed by atoms with E-state index in [0.29, 0.717) is 0 Å². The minimum absolute atomic E-state index is 0.732.